The van der Waals surface area contributed by atoms with Crippen LogP contribution in [0.5, 0.6) is 0 Å². The number of sulfonamides is 1. The SMILES string of the molecule is CCSc1nnc(NC(=O)[C@@H](CC)N(c2cc(Cl)cc(Cl)c2)S(C)(=O)=O)s1. The third-order valence-electron chi connectivity index (χ3n) is 3.34. The number of carbonyl (C=O) groups excluding carboxylic acids is 1. The molecule has 1 aromatic heterocycles. The molecule has 2 rings (SSSR count). The Morgan fingerprint density at radius 2 is 1.89 bits per heavy atom. The molecule has 7 nitrogen and oxygen atoms in total. The van der Waals surface area contributed by atoms with E-state index in [2.05, 4.69) is 15.5 Å². The van der Waals surface area contributed by atoms with Crippen LogP contribution in [0, 0.1) is 0 Å². The molecule has 0 aliphatic carbocycles. The largest absolute Gasteiger partial charge is 0.299 e. The van der Waals surface area contributed by atoms with Crippen molar-refractivity contribution in [2.75, 3.05) is 21.6 Å². The number of anilines is 2. The van der Waals surface area contributed by atoms with E-state index in [9.17, 15) is 13.2 Å². The number of rotatable bonds is 8. The topological polar surface area (TPSA) is 92.3 Å². The van der Waals surface area contributed by atoms with Crippen LogP contribution in [0.25, 0.3) is 0 Å². The summed E-state index contributed by atoms with van der Waals surface area (Å²) in [5.41, 5.74) is 0.219. The van der Waals surface area contributed by atoms with Gasteiger partial charge in [0.1, 0.15) is 6.04 Å². The maximum atomic E-state index is 12.8. The monoisotopic (exact) mass is 468 g/mol. The number of carbonyl (C=O) groups is 1. The lowest BCUT2D eigenvalue weighted by atomic mass is 10.2. The summed E-state index contributed by atoms with van der Waals surface area (Å²) >= 11 is 14.8. The molecule has 1 heterocycles. The number of nitrogens with one attached hydrogen (secondary N) is 1. The molecule has 1 atom stereocenters. The Morgan fingerprint density at radius 3 is 2.41 bits per heavy atom. The van der Waals surface area contributed by atoms with Crippen LogP contribution in [0.2, 0.25) is 10.0 Å². The molecule has 148 valence electrons. The van der Waals surface area contributed by atoms with Crippen LogP contribution in [0.1, 0.15) is 20.3 Å². The molecule has 0 bridgehead atoms. The molecule has 0 saturated carbocycles. The lowest BCUT2D eigenvalue weighted by Crippen LogP contribution is -2.47. The summed E-state index contributed by atoms with van der Waals surface area (Å²) in [6.07, 6.45) is 1.26. The van der Waals surface area contributed by atoms with Crippen molar-refractivity contribution in [1.82, 2.24) is 10.2 Å². The predicted molar refractivity (Wildman–Crippen MR) is 113 cm³/mol. The van der Waals surface area contributed by atoms with E-state index in [0.29, 0.717) is 5.13 Å². The van der Waals surface area contributed by atoms with Gasteiger partial charge >= 0.3 is 0 Å². The molecular formula is C15H18Cl2N4O3S3. The zero-order chi connectivity index (χ0) is 20.2. The normalized spacial score (nSPS) is 12.6. The fourth-order valence-electron chi connectivity index (χ4n) is 2.36. The average Bonchev–Trinajstić information content (AvgIpc) is 2.97. The van der Waals surface area contributed by atoms with Gasteiger partial charge in [0.2, 0.25) is 21.1 Å². The van der Waals surface area contributed by atoms with E-state index in [0.717, 1.165) is 20.7 Å². The van der Waals surface area contributed by atoms with Crippen LogP contribution < -0.4 is 9.62 Å². The molecule has 0 radical (unpaired) electrons. The van der Waals surface area contributed by atoms with Crippen molar-refractivity contribution in [3.8, 4) is 0 Å². The zero-order valence-corrected chi connectivity index (χ0v) is 18.7. The van der Waals surface area contributed by atoms with E-state index in [1.165, 1.54) is 41.3 Å². The van der Waals surface area contributed by atoms with Crippen LogP contribution in [0.4, 0.5) is 10.8 Å². The van der Waals surface area contributed by atoms with Gasteiger partial charge in [-0.3, -0.25) is 14.4 Å². The van der Waals surface area contributed by atoms with Crippen LogP contribution in [0.15, 0.2) is 22.5 Å². The van der Waals surface area contributed by atoms with Gasteiger partial charge < -0.3 is 0 Å². The molecule has 0 aliphatic rings. The molecule has 2 aromatic rings. The quantitative estimate of drug-likeness (QED) is 0.462. The minimum atomic E-state index is -3.79. The number of amides is 1. The van der Waals surface area contributed by atoms with Crippen LogP contribution >= 0.6 is 46.3 Å². The highest BCUT2D eigenvalue weighted by Gasteiger charge is 2.32. The summed E-state index contributed by atoms with van der Waals surface area (Å²) < 4.78 is 26.6. The minimum Gasteiger partial charge on any atom is -0.299 e. The number of halogens is 2. The highest BCUT2D eigenvalue weighted by Crippen LogP contribution is 2.30. The summed E-state index contributed by atoms with van der Waals surface area (Å²) in [4.78, 5) is 12.8. The smallest absolute Gasteiger partial charge is 0.250 e. The van der Waals surface area contributed by atoms with E-state index in [1.807, 2.05) is 6.92 Å². The first kappa shape index (κ1) is 22.2. The summed E-state index contributed by atoms with van der Waals surface area (Å²) in [6.45, 7) is 3.70. The maximum Gasteiger partial charge on any atom is 0.250 e. The molecule has 0 fully saturated rings. The van der Waals surface area contributed by atoms with Gasteiger partial charge in [-0.1, -0.05) is 60.1 Å². The number of hydrogen-bond acceptors (Lipinski definition) is 7. The Kier molecular flexibility index (Phi) is 7.75. The Labute approximate surface area is 176 Å². The van der Waals surface area contributed by atoms with Crippen molar-refractivity contribution in [3.05, 3.63) is 28.2 Å². The van der Waals surface area contributed by atoms with Crippen molar-refractivity contribution >= 4 is 73.0 Å². The van der Waals surface area contributed by atoms with Gasteiger partial charge in [0.15, 0.2) is 4.34 Å². The van der Waals surface area contributed by atoms with Crippen LogP contribution in [-0.4, -0.2) is 42.6 Å². The second-order valence-electron chi connectivity index (χ2n) is 5.41. The second kappa shape index (κ2) is 9.42. The first-order chi connectivity index (χ1) is 12.7. The number of thioether (sulfide) groups is 1. The molecule has 27 heavy (non-hydrogen) atoms. The summed E-state index contributed by atoms with van der Waals surface area (Å²) in [5, 5.41) is 11.4. The molecule has 0 unspecified atom stereocenters. The Bertz CT molecular complexity index is 901. The van der Waals surface area contributed by atoms with Gasteiger partial charge in [0, 0.05) is 10.0 Å². The Morgan fingerprint density at radius 1 is 1.26 bits per heavy atom. The lowest BCUT2D eigenvalue weighted by Gasteiger charge is -2.30. The van der Waals surface area contributed by atoms with Gasteiger partial charge in [0.05, 0.1) is 11.9 Å². The van der Waals surface area contributed by atoms with E-state index < -0.39 is 22.0 Å². The van der Waals surface area contributed by atoms with E-state index >= 15 is 0 Å². The van der Waals surface area contributed by atoms with E-state index in [-0.39, 0.29) is 22.2 Å². The maximum absolute atomic E-state index is 12.8. The Hall–Kier alpha value is -1.07. The molecule has 12 heteroatoms. The van der Waals surface area contributed by atoms with Gasteiger partial charge in [-0.2, -0.15) is 0 Å². The fourth-order valence-corrected chi connectivity index (χ4v) is 5.72. The van der Waals surface area contributed by atoms with Gasteiger partial charge in [-0.15, -0.1) is 10.2 Å². The highest BCUT2D eigenvalue weighted by atomic mass is 35.5. The Balaban J connectivity index is 2.35. The molecule has 1 amide bonds. The molecule has 0 aliphatic heterocycles. The lowest BCUT2D eigenvalue weighted by molar-refractivity contribution is -0.117. The summed E-state index contributed by atoms with van der Waals surface area (Å²) in [5.74, 6) is 0.320. The number of aromatic nitrogens is 2. The first-order valence-electron chi connectivity index (χ1n) is 7.88. The highest BCUT2D eigenvalue weighted by molar-refractivity contribution is 8.01. The fraction of sp³-hybridized carbons (Fsp3) is 0.400. The van der Waals surface area contributed by atoms with Crippen LogP contribution in [-0.2, 0) is 14.8 Å². The van der Waals surface area contributed by atoms with Crippen molar-refractivity contribution in [1.29, 1.82) is 0 Å². The molecule has 0 spiro atoms. The summed E-state index contributed by atoms with van der Waals surface area (Å²) in [7, 11) is -3.79. The average molecular weight is 469 g/mol. The van der Waals surface area contributed by atoms with Gasteiger partial charge in [0.25, 0.3) is 0 Å². The summed E-state index contributed by atoms with van der Waals surface area (Å²) in [6, 6.07) is 3.39. The molecule has 0 saturated heterocycles. The minimum absolute atomic E-state index is 0.219. The van der Waals surface area contributed by atoms with Crippen molar-refractivity contribution < 1.29 is 13.2 Å². The van der Waals surface area contributed by atoms with E-state index in [4.69, 9.17) is 23.2 Å². The van der Waals surface area contributed by atoms with Crippen molar-refractivity contribution in [3.63, 3.8) is 0 Å². The molecule has 1 aromatic carbocycles. The van der Waals surface area contributed by atoms with E-state index in [1.54, 1.807) is 6.92 Å². The molecular weight excluding hydrogens is 451 g/mol. The zero-order valence-electron chi connectivity index (χ0n) is 14.8. The number of benzene rings is 1. The van der Waals surface area contributed by atoms with Crippen molar-refractivity contribution in [2.45, 2.75) is 30.6 Å². The number of nitrogens with zero attached hydrogens (tertiary/aromatic N) is 3. The third kappa shape index (κ3) is 5.95. The van der Waals surface area contributed by atoms with Crippen molar-refractivity contribution in [2.24, 2.45) is 0 Å². The molecule has 1 N–H and O–H groups in total. The number of hydrogen-bond donors (Lipinski definition) is 1. The first-order valence-corrected chi connectivity index (χ1v) is 12.3. The van der Waals surface area contributed by atoms with Gasteiger partial charge in [-0.05, 0) is 30.4 Å². The second-order valence-corrected chi connectivity index (χ2v) is 10.6. The predicted octanol–water partition coefficient (Wildman–Crippen LogP) is 4.14. The third-order valence-corrected chi connectivity index (χ3v) is 6.81. The van der Waals surface area contributed by atoms with Crippen LogP contribution in [0.3, 0.4) is 0 Å². The van der Waals surface area contributed by atoms with Gasteiger partial charge in [-0.25, -0.2) is 8.42 Å². The standard InChI is InChI=1S/C15H18Cl2N4O3S3/c1-4-12(13(22)18-14-19-20-15(26-14)25-5-2)21(27(3,23)24)11-7-9(16)6-10(17)8-11/h6-8,12H,4-5H2,1-3H3,(H,18,19,22)/t12-/m1/s1.